The molecule has 0 aliphatic carbocycles. The average molecular weight is 317 g/mol. The Kier molecular flexibility index (Phi) is 7.30. The SMILES string of the molecule is CNC[C@@H]1OCCc2ccsc21.O=C(O)CC(O)C(=O)O. The fourth-order valence-corrected chi connectivity index (χ4v) is 2.82. The molecule has 1 unspecified atom stereocenters. The number of thiophene rings is 1. The maximum atomic E-state index is 9.72. The van der Waals surface area contributed by atoms with Crippen LogP contribution in [0.1, 0.15) is 23.0 Å². The fraction of sp³-hybridized carbons (Fsp3) is 0.538. The fourth-order valence-electron chi connectivity index (χ4n) is 1.81. The van der Waals surface area contributed by atoms with E-state index in [9.17, 15) is 9.59 Å². The summed E-state index contributed by atoms with van der Waals surface area (Å²) in [4.78, 5) is 20.8. The molecule has 2 rings (SSSR count). The Morgan fingerprint density at radius 3 is 2.76 bits per heavy atom. The van der Waals surface area contributed by atoms with Crippen LogP contribution in [0.15, 0.2) is 11.4 Å². The predicted octanol–water partition coefficient (Wildman–Crippen LogP) is 0.488. The number of fused-ring (bicyclic) bond motifs is 1. The molecule has 2 atom stereocenters. The summed E-state index contributed by atoms with van der Waals surface area (Å²) in [5, 5.41) is 29.4. The van der Waals surface area contributed by atoms with Crippen LogP contribution < -0.4 is 5.32 Å². The molecule has 0 fully saturated rings. The van der Waals surface area contributed by atoms with E-state index in [0.29, 0.717) is 6.10 Å². The van der Waals surface area contributed by atoms with Crippen LogP contribution in [-0.2, 0) is 20.7 Å². The molecule has 0 saturated heterocycles. The van der Waals surface area contributed by atoms with Crippen LogP contribution in [0.2, 0.25) is 0 Å². The second-order valence-corrected chi connectivity index (χ2v) is 5.38. The van der Waals surface area contributed by atoms with Crippen molar-refractivity contribution in [1.29, 1.82) is 0 Å². The topological polar surface area (TPSA) is 116 Å². The van der Waals surface area contributed by atoms with Gasteiger partial charge in [0.1, 0.15) is 6.10 Å². The first-order chi connectivity index (χ1) is 9.95. The molecule has 0 amide bonds. The first kappa shape index (κ1) is 17.6. The Morgan fingerprint density at radius 2 is 2.24 bits per heavy atom. The summed E-state index contributed by atoms with van der Waals surface area (Å²) in [5.74, 6) is -2.85. The average Bonchev–Trinajstić information content (AvgIpc) is 2.88. The lowest BCUT2D eigenvalue weighted by atomic mass is 10.1. The third kappa shape index (κ3) is 5.80. The number of aliphatic hydroxyl groups is 1. The van der Waals surface area contributed by atoms with Gasteiger partial charge in [-0.05, 0) is 30.5 Å². The molecule has 8 heteroatoms. The number of aliphatic hydroxyl groups excluding tert-OH is 1. The smallest absolute Gasteiger partial charge is 0.333 e. The number of nitrogens with one attached hydrogen (secondary N) is 1. The van der Waals surface area contributed by atoms with E-state index in [0.717, 1.165) is 19.6 Å². The highest BCUT2D eigenvalue weighted by Gasteiger charge is 2.20. The number of aliphatic carboxylic acids is 2. The number of carboxylic acid groups (broad SMARTS) is 2. The molecule has 7 nitrogen and oxygen atoms in total. The zero-order valence-corrected chi connectivity index (χ0v) is 12.4. The lowest BCUT2D eigenvalue weighted by molar-refractivity contribution is -0.152. The molecule has 0 radical (unpaired) electrons. The zero-order chi connectivity index (χ0) is 15.8. The van der Waals surface area contributed by atoms with Crippen molar-refractivity contribution in [2.45, 2.75) is 25.0 Å². The number of likely N-dealkylation sites (N-methyl/N-ethyl adjacent to an activating group) is 1. The van der Waals surface area contributed by atoms with Crippen LogP contribution in [0, 0.1) is 0 Å². The van der Waals surface area contributed by atoms with Gasteiger partial charge in [0.15, 0.2) is 6.10 Å². The van der Waals surface area contributed by atoms with Crippen LogP contribution in [0.5, 0.6) is 0 Å². The quantitative estimate of drug-likeness (QED) is 0.624. The molecular formula is C13H19NO6S. The molecule has 0 bridgehead atoms. The van der Waals surface area contributed by atoms with Gasteiger partial charge in [-0.25, -0.2) is 4.79 Å². The van der Waals surface area contributed by atoms with Crippen LogP contribution in [-0.4, -0.2) is 53.6 Å². The highest BCUT2D eigenvalue weighted by atomic mass is 32.1. The van der Waals surface area contributed by atoms with Crippen molar-refractivity contribution < 1.29 is 29.6 Å². The summed E-state index contributed by atoms with van der Waals surface area (Å²) in [7, 11) is 1.96. The number of hydrogen-bond donors (Lipinski definition) is 4. The summed E-state index contributed by atoms with van der Waals surface area (Å²) in [6.45, 7) is 1.80. The Balaban J connectivity index is 0.000000222. The number of carbonyl (C=O) groups is 2. The normalized spacial score (nSPS) is 18.1. The molecule has 21 heavy (non-hydrogen) atoms. The first-order valence-electron chi connectivity index (χ1n) is 6.40. The van der Waals surface area contributed by atoms with Crippen LogP contribution >= 0.6 is 11.3 Å². The van der Waals surface area contributed by atoms with Gasteiger partial charge in [0, 0.05) is 11.4 Å². The summed E-state index contributed by atoms with van der Waals surface area (Å²) in [6.07, 6.45) is -1.17. The van der Waals surface area contributed by atoms with Crippen molar-refractivity contribution in [2.75, 3.05) is 20.2 Å². The number of rotatable bonds is 5. The van der Waals surface area contributed by atoms with E-state index in [-0.39, 0.29) is 0 Å². The molecule has 0 aromatic carbocycles. The lowest BCUT2D eigenvalue weighted by Crippen LogP contribution is -2.23. The number of ether oxygens (including phenoxy) is 1. The van der Waals surface area contributed by atoms with Crippen molar-refractivity contribution >= 4 is 23.3 Å². The zero-order valence-electron chi connectivity index (χ0n) is 11.6. The van der Waals surface area contributed by atoms with Gasteiger partial charge in [0.25, 0.3) is 0 Å². The third-order valence-corrected chi connectivity index (χ3v) is 3.86. The van der Waals surface area contributed by atoms with Gasteiger partial charge in [-0.2, -0.15) is 0 Å². The third-order valence-electron chi connectivity index (χ3n) is 2.81. The van der Waals surface area contributed by atoms with E-state index < -0.39 is 24.5 Å². The van der Waals surface area contributed by atoms with Gasteiger partial charge < -0.3 is 25.4 Å². The van der Waals surface area contributed by atoms with Gasteiger partial charge >= 0.3 is 11.9 Å². The van der Waals surface area contributed by atoms with E-state index >= 15 is 0 Å². The molecule has 2 heterocycles. The van der Waals surface area contributed by atoms with E-state index in [1.54, 1.807) is 0 Å². The second-order valence-electron chi connectivity index (χ2n) is 4.43. The predicted molar refractivity (Wildman–Crippen MR) is 76.5 cm³/mol. The van der Waals surface area contributed by atoms with Crippen molar-refractivity contribution in [3.8, 4) is 0 Å². The Bertz CT molecular complexity index is 475. The lowest BCUT2D eigenvalue weighted by Gasteiger charge is -2.22. The molecule has 0 spiro atoms. The van der Waals surface area contributed by atoms with Crippen molar-refractivity contribution in [1.82, 2.24) is 5.32 Å². The van der Waals surface area contributed by atoms with Crippen LogP contribution in [0.25, 0.3) is 0 Å². The number of carboxylic acids is 2. The molecule has 118 valence electrons. The van der Waals surface area contributed by atoms with E-state index in [2.05, 4.69) is 16.8 Å². The summed E-state index contributed by atoms with van der Waals surface area (Å²) >= 11 is 1.81. The summed E-state index contributed by atoms with van der Waals surface area (Å²) in [5.41, 5.74) is 1.48. The van der Waals surface area contributed by atoms with Gasteiger partial charge in [-0.1, -0.05) is 0 Å². The van der Waals surface area contributed by atoms with Crippen molar-refractivity contribution in [3.63, 3.8) is 0 Å². The minimum atomic E-state index is -1.79. The molecule has 4 N–H and O–H groups in total. The Morgan fingerprint density at radius 1 is 1.52 bits per heavy atom. The van der Waals surface area contributed by atoms with E-state index in [4.69, 9.17) is 20.1 Å². The molecule has 1 aromatic rings. The molecule has 1 aromatic heterocycles. The van der Waals surface area contributed by atoms with Gasteiger partial charge in [0.2, 0.25) is 0 Å². The Labute approximate surface area is 126 Å². The minimum absolute atomic E-state index is 0.291. The molecule has 0 saturated carbocycles. The standard InChI is InChI=1S/C9H13NOS.C4H6O5/c1-10-6-8-9-7(2-4-11-8)3-5-12-9;5-2(4(8)9)1-3(6)7/h3,5,8,10H,2,4,6H2,1H3;2,5H,1H2,(H,6,7)(H,8,9)/t8-;/m0./s1. The molecule has 1 aliphatic rings. The highest BCUT2D eigenvalue weighted by molar-refractivity contribution is 7.10. The second kappa shape index (κ2) is 8.73. The highest BCUT2D eigenvalue weighted by Crippen LogP contribution is 2.30. The minimum Gasteiger partial charge on any atom is -0.481 e. The molecular weight excluding hydrogens is 298 g/mol. The number of hydrogen-bond acceptors (Lipinski definition) is 6. The maximum Gasteiger partial charge on any atom is 0.333 e. The van der Waals surface area contributed by atoms with E-state index in [1.165, 1.54) is 10.4 Å². The van der Waals surface area contributed by atoms with Gasteiger partial charge in [0.05, 0.1) is 13.0 Å². The monoisotopic (exact) mass is 317 g/mol. The maximum absolute atomic E-state index is 9.72. The van der Waals surface area contributed by atoms with Crippen molar-refractivity contribution in [2.24, 2.45) is 0 Å². The largest absolute Gasteiger partial charge is 0.481 e. The summed E-state index contributed by atoms with van der Waals surface area (Å²) < 4.78 is 5.65. The van der Waals surface area contributed by atoms with Crippen LogP contribution in [0.4, 0.5) is 0 Å². The van der Waals surface area contributed by atoms with E-state index in [1.807, 2.05) is 18.4 Å². The summed E-state index contributed by atoms with van der Waals surface area (Å²) in [6, 6.07) is 2.21. The Hall–Kier alpha value is -1.48. The van der Waals surface area contributed by atoms with Crippen LogP contribution in [0.3, 0.4) is 0 Å². The van der Waals surface area contributed by atoms with Crippen molar-refractivity contribution in [3.05, 3.63) is 21.9 Å². The molecule has 1 aliphatic heterocycles. The first-order valence-corrected chi connectivity index (χ1v) is 7.28. The van der Waals surface area contributed by atoms with Gasteiger partial charge in [-0.3, -0.25) is 4.79 Å². The van der Waals surface area contributed by atoms with Gasteiger partial charge in [-0.15, -0.1) is 11.3 Å².